The summed E-state index contributed by atoms with van der Waals surface area (Å²) in [6.45, 7) is 6.53. The maximum Gasteiger partial charge on any atom is 0.0701 e. The van der Waals surface area contributed by atoms with E-state index >= 15 is 0 Å². The molecule has 2 rings (SSSR count). The van der Waals surface area contributed by atoms with Crippen LogP contribution in [0.2, 0.25) is 0 Å². The van der Waals surface area contributed by atoms with Crippen LogP contribution < -0.4 is 0 Å². The normalized spacial score (nSPS) is 25.5. The Morgan fingerprint density at radius 3 is 2.84 bits per heavy atom. The molecule has 0 radical (unpaired) electrons. The van der Waals surface area contributed by atoms with E-state index in [4.69, 9.17) is 0 Å². The lowest BCUT2D eigenvalue weighted by Gasteiger charge is -2.28. The van der Waals surface area contributed by atoms with Crippen molar-refractivity contribution >= 4 is 15.9 Å². The molecule has 0 aliphatic carbocycles. The fourth-order valence-electron chi connectivity index (χ4n) is 2.83. The van der Waals surface area contributed by atoms with Gasteiger partial charge in [-0.15, -0.1) is 0 Å². The van der Waals surface area contributed by atoms with Crippen molar-refractivity contribution in [2.24, 2.45) is 0 Å². The molecule has 1 saturated heterocycles. The Morgan fingerprint density at radius 1 is 1.37 bits per heavy atom. The summed E-state index contributed by atoms with van der Waals surface area (Å²) < 4.78 is 0.978. The van der Waals surface area contributed by atoms with Crippen LogP contribution in [0.15, 0.2) is 22.9 Å². The number of halogens is 1. The van der Waals surface area contributed by atoms with Crippen LogP contribution in [0.4, 0.5) is 0 Å². The Bertz CT molecular complexity index is 424. The van der Waals surface area contributed by atoms with Crippen LogP contribution in [-0.2, 0) is 6.42 Å². The van der Waals surface area contributed by atoms with Crippen LogP contribution in [0.3, 0.4) is 0 Å². The van der Waals surface area contributed by atoms with Crippen LogP contribution in [0.25, 0.3) is 0 Å². The Morgan fingerprint density at radius 2 is 2.16 bits per heavy atom. The zero-order valence-corrected chi connectivity index (χ0v) is 13.4. The molecule has 4 heteroatoms. The molecule has 19 heavy (non-hydrogen) atoms. The molecule has 1 aliphatic rings. The van der Waals surface area contributed by atoms with Crippen molar-refractivity contribution in [3.8, 4) is 0 Å². The Kier molecular flexibility index (Phi) is 4.98. The molecule has 1 atom stereocenters. The summed E-state index contributed by atoms with van der Waals surface area (Å²) in [7, 11) is 0. The smallest absolute Gasteiger partial charge is 0.0701 e. The monoisotopic (exact) mass is 326 g/mol. The van der Waals surface area contributed by atoms with Gasteiger partial charge in [-0.3, -0.25) is 4.98 Å². The average molecular weight is 327 g/mol. The molecule has 0 amide bonds. The molecule has 1 aromatic heterocycles. The van der Waals surface area contributed by atoms with Gasteiger partial charge in [0.05, 0.1) is 5.60 Å². The first kappa shape index (κ1) is 14.9. The largest absolute Gasteiger partial charge is 0.389 e. The van der Waals surface area contributed by atoms with Crippen molar-refractivity contribution < 1.29 is 5.11 Å². The van der Waals surface area contributed by atoms with Crippen LogP contribution in [-0.4, -0.2) is 39.7 Å². The van der Waals surface area contributed by atoms with E-state index < -0.39 is 5.60 Å². The zero-order valence-electron chi connectivity index (χ0n) is 11.8. The summed E-state index contributed by atoms with van der Waals surface area (Å²) in [6, 6.07) is 2.62. The Balaban J connectivity index is 2.02. The van der Waals surface area contributed by atoms with Crippen LogP contribution in [0.1, 0.15) is 38.7 Å². The van der Waals surface area contributed by atoms with E-state index in [0.717, 1.165) is 42.4 Å². The molecule has 0 aromatic carbocycles. The van der Waals surface area contributed by atoms with Gasteiger partial charge in [-0.25, -0.2) is 0 Å². The van der Waals surface area contributed by atoms with E-state index in [1.165, 1.54) is 0 Å². The van der Waals surface area contributed by atoms with Crippen molar-refractivity contribution in [2.75, 3.05) is 13.1 Å². The number of likely N-dealkylation sites (tertiary alicyclic amines) is 1. The third-order valence-corrected chi connectivity index (χ3v) is 4.41. The molecular weight excluding hydrogens is 304 g/mol. The molecule has 1 aromatic rings. The highest BCUT2D eigenvalue weighted by Crippen LogP contribution is 2.27. The van der Waals surface area contributed by atoms with Gasteiger partial charge in [0.2, 0.25) is 0 Å². The van der Waals surface area contributed by atoms with Gasteiger partial charge in [-0.1, -0.05) is 0 Å². The number of nitrogens with zero attached hydrogens (tertiary/aromatic N) is 2. The summed E-state index contributed by atoms with van der Waals surface area (Å²) >= 11 is 3.44. The second kappa shape index (κ2) is 6.33. The molecule has 1 fully saturated rings. The molecule has 1 aliphatic heterocycles. The summed E-state index contributed by atoms with van der Waals surface area (Å²) in [6.07, 6.45) is 7.12. The predicted molar refractivity (Wildman–Crippen MR) is 81.2 cm³/mol. The van der Waals surface area contributed by atoms with E-state index in [9.17, 15) is 5.11 Å². The van der Waals surface area contributed by atoms with E-state index in [0.29, 0.717) is 12.5 Å². The van der Waals surface area contributed by atoms with Crippen LogP contribution in [0, 0.1) is 0 Å². The highest BCUT2D eigenvalue weighted by atomic mass is 79.9. The summed E-state index contributed by atoms with van der Waals surface area (Å²) in [5.41, 5.74) is 0.529. The summed E-state index contributed by atoms with van der Waals surface area (Å²) in [4.78, 5) is 6.63. The summed E-state index contributed by atoms with van der Waals surface area (Å²) in [5.74, 6) is 0. The summed E-state index contributed by atoms with van der Waals surface area (Å²) in [5, 5.41) is 10.8. The standard InChI is InChI=1S/C15H23BrN2O/c1-12(2)18-6-3-4-15(19,5-7-18)9-13-8-14(16)11-17-10-13/h8,10-12,19H,3-7,9H2,1-2H3. The molecule has 106 valence electrons. The molecule has 1 N–H and O–H groups in total. The lowest BCUT2D eigenvalue weighted by atomic mass is 9.88. The van der Waals surface area contributed by atoms with Gasteiger partial charge in [-0.2, -0.15) is 0 Å². The van der Waals surface area contributed by atoms with Gasteiger partial charge in [0.25, 0.3) is 0 Å². The fourth-order valence-corrected chi connectivity index (χ4v) is 3.24. The first-order valence-electron chi connectivity index (χ1n) is 7.04. The van der Waals surface area contributed by atoms with Crippen molar-refractivity contribution in [1.82, 2.24) is 9.88 Å². The minimum atomic E-state index is -0.577. The minimum absolute atomic E-state index is 0.565. The SMILES string of the molecule is CC(C)N1CCCC(O)(Cc2cncc(Br)c2)CC1. The number of hydrogen-bond donors (Lipinski definition) is 1. The van der Waals surface area contributed by atoms with Gasteiger partial charge in [0, 0.05) is 35.9 Å². The van der Waals surface area contributed by atoms with Gasteiger partial charge in [0.1, 0.15) is 0 Å². The minimum Gasteiger partial charge on any atom is -0.389 e. The molecule has 2 heterocycles. The molecule has 3 nitrogen and oxygen atoms in total. The lowest BCUT2D eigenvalue weighted by Crippen LogP contribution is -2.35. The second-order valence-corrected chi connectivity index (χ2v) is 6.81. The Labute approximate surface area is 124 Å². The number of pyridine rings is 1. The van der Waals surface area contributed by atoms with Crippen LogP contribution in [0.5, 0.6) is 0 Å². The van der Waals surface area contributed by atoms with E-state index in [-0.39, 0.29) is 0 Å². The molecule has 1 unspecified atom stereocenters. The second-order valence-electron chi connectivity index (χ2n) is 5.90. The first-order valence-corrected chi connectivity index (χ1v) is 7.84. The van der Waals surface area contributed by atoms with Gasteiger partial charge >= 0.3 is 0 Å². The molecule has 0 spiro atoms. The van der Waals surface area contributed by atoms with E-state index in [1.54, 1.807) is 6.20 Å². The fraction of sp³-hybridized carbons (Fsp3) is 0.667. The number of rotatable bonds is 3. The number of hydrogen-bond acceptors (Lipinski definition) is 3. The molecule has 0 saturated carbocycles. The van der Waals surface area contributed by atoms with E-state index in [2.05, 4.69) is 45.7 Å². The van der Waals surface area contributed by atoms with Crippen molar-refractivity contribution in [1.29, 1.82) is 0 Å². The van der Waals surface area contributed by atoms with Crippen molar-refractivity contribution in [3.63, 3.8) is 0 Å². The van der Waals surface area contributed by atoms with Crippen molar-refractivity contribution in [3.05, 3.63) is 28.5 Å². The van der Waals surface area contributed by atoms with Crippen LogP contribution >= 0.6 is 15.9 Å². The van der Waals surface area contributed by atoms with Crippen molar-refractivity contribution in [2.45, 2.75) is 51.2 Å². The maximum atomic E-state index is 10.8. The highest BCUT2D eigenvalue weighted by Gasteiger charge is 2.31. The first-order chi connectivity index (χ1) is 8.98. The highest BCUT2D eigenvalue weighted by molar-refractivity contribution is 9.10. The number of aromatic nitrogens is 1. The zero-order chi connectivity index (χ0) is 13.9. The topological polar surface area (TPSA) is 36.4 Å². The Hall–Kier alpha value is -0.450. The van der Waals surface area contributed by atoms with Gasteiger partial charge in [0.15, 0.2) is 0 Å². The quantitative estimate of drug-likeness (QED) is 0.927. The van der Waals surface area contributed by atoms with Gasteiger partial charge < -0.3 is 10.0 Å². The number of aliphatic hydroxyl groups is 1. The maximum absolute atomic E-state index is 10.8. The van der Waals surface area contributed by atoms with E-state index in [1.807, 2.05) is 6.20 Å². The molecule has 0 bridgehead atoms. The molecular formula is C15H23BrN2O. The third kappa shape index (κ3) is 4.26. The lowest BCUT2D eigenvalue weighted by molar-refractivity contribution is 0.0248. The van der Waals surface area contributed by atoms with Gasteiger partial charge in [-0.05, 0) is 67.2 Å². The average Bonchev–Trinajstić information content (AvgIpc) is 2.51. The predicted octanol–water partition coefficient (Wildman–Crippen LogP) is 3.01. The third-order valence-electron chi connectivity index (χ3n) is 3.98.